The van der Waals surface area contributed by atoms with Gasteiger partial charge in [-0.15, -0.1) is 0 Å². The summed E-state index contributed by atoms with van der Waals surface area (Å²) in [5.74, 6) is -0.811. The highest BCUT2D eigenvalue weighted by atomic mass is 16.3. The van der Waals surface area contributed by atoms with Gasteiger partial charge >= 0.3 is 0 Å². The number of hydrogen-bond donors (Lipinski definition) is 2. The van der Waals surface area contributed by atoms with Crippen LogP contribution in [0, 0.1) is 0 Å². The molecule has 1 unspecified atom stereocenters. The van der Waals surface area contributed by atoms with E-state index in [0.29, 0.717) is 12.8 Å². The molecule has 2 N–H and O–H groups in total. The molecule has 0 spiro atoms. The largest absolute Gasteiger partial charge is 0.509 e. The zero-order valence-corrected chi connectivity index (χ0v) is 12.3. The zero-order chi connectivity index (χ0) is 15.2. The number of amides is 1. The molecule has 0 fully saturated rings. The molecule has 21 heavy (non-hydrogen) atoms. The average molecular weight is 287 g/mol. The number of carbonyl (C=O) groups excluding carboxylic acids is 2. The van der Waals surface area contributed by atoms with E-state index in [9.17, 15) is 14.7 Å². The Labute approximate surface area is 124 Å². The van der Waals surface area contributed by atoms with Crippen LogP contribution in [0.15, 0.2) is 41.7 Å². The molecule has 4 nitrogen and oxygen atoms in total. The summed E-state index contributed by atoms with van der Waals surface area (Å²) in [6.07, 6.45) is 3.53. The fourth-order valence-electron chi connectivity index (χ4n) is 2.52. The van der Waals surface area contributed by atoms with E-state index in [1.54, 1.807) is 0 Å². The molecule has 0 bridgehead atoms. The van der Waals surface area contributed by atoms with E-state index in [0.717, 1.165) is 24.8 Å². The van der Waals surface area contributed by atoms with Gasteiger partial charge in [0, 0.05) is 6.42 Å². The fraction of sp³-hybridized carbons (Fsp3) is 0.412. The Hall–Kier alpha value is -2.10. The van der Waals surface area contributed by atoms with Crippen LogP contribution in [0.2, 0.25) is 0 Å². The second kappa shape index (κ2) is 7.07. The lowest BCUT2D eigenvalue weighted by molar-refractivity contribution is -0.122. The van der Waals surface area contributed by atoms with Gasteiger partial charge in [0.2, 0.25) is 0 Å². The van der Waals surface area contributed by atoms with E-state index >= 15 is 0 Å². The van der Waals surface area contributed by atoms with Crippen molar-refractivity contribution < 1.29 is 14.7 Å². The summed E-state index contributed by atoms with van der Waals surface area (Å²) in [4.78, 5) is 24.0. The minimum Gasteiger partial charge on any atom is -0.509 e. The van der Waals surface area contributed by atoms with Crippen LogP contribution in [0.4, 0.5) is 0 Å². The first-order valence-electron chi connectivity index (χ1n) is 7.44. The molecule has 112 valence electrons. The monoisotopic (exact) mass is 287 g/mol. The van der Waals surface area contributed by atoms with E-state index in [1.807, 2.05) is 30.3 Å². The lowest BCUT2D eigenvalue weighted by Gasteiger charge is -2.10. The Balaban J connectivity index is 2.06. The number of benzene rings is 1. The van der Waals surface area contributed by atoms with Crippen molar-refractivity contribution in [1.82, 2.24) is 5.32 Å². The Morgan fingerprint density at radius 1 is 1.24 bits per heavy atom. The van der Waals surface area contributed by atoms with Crippen molar-refractivity contribution in [1.29, 1.82) is 0 Å². The Morgan fingerprint density at radius 3 is 2.62 bits per heavy atom. The summed E-state index contributed by atoms with van der Waals surface area (Å²) in [5.41, 5.74) is 0.959. The molecule has 0 radical (unpaired) electrons. The first kappa shape index (κ1) is 15.3. The van der Waals surface area contributed by atoms with Crippen LogP contribution in [-0.4, -0.2) is 22.8 Å². The Bertz CT molecular complexity index is 548. The van der Waals surface area contributed by atoms with Crippen LogP contribution in [0.3, 0.4) is 0 Å². The highest BCUT2D eigenvalue weighted by molar-refractivity contribution is 6.21. The summed E-state index contributed by atoms with van der Waals surface area (Å²) in [6, 6.07) is 9.09. The molecule has 0 saturated heterocycles. The molecule has 1 heterocycles. The first-order valence-corrected chi connectivity index (χ1v) is 7.44. The molecule has 0 aliphatic carbocycles. The normalized spacial score (nSPS) is 18.0. The van der Waals surface area contributed by atoms with Gasteiger partial charge in [0.05, 0.1) is 6.04 Å². The van der Waals surface area contributed by atoms with E-state index in [4.69, 9.17) is 0 Å². The van der Waals surface area contributed by atoms with Crippen molar-refractivity contribution in [2.45, 2.75) is 45.1 Å². The quantitative estimate of drug-likeness (QED) is 0.598. The van der Waals surface area contributed by atoms with Crippen molar-refractivity contribution in [3.8, 4) is 0 Å². The summed E-state index contributed by atoms with van der Waals surface area (Å²) in [6.45, 7) is 2.05. The van der Waals surface area contributed by atoms with Crippen LogP contribution in [0.5, 0.6) is 0 Å². The molecule has 1 aromatic carbocycles. The molecule has 1 aromatic rings. The number of hydrogen-bond acceptors (Lipinski definition) is 3. The van der Waals surface area contributed by atoms with Crippen LogP contribution in [-0.2, 0) is 16.0 Å². The van der Waals surface area contributed by atoms with E-state index in [2.05, 4.69) is 12.2 Å². The second-order valence-corrected chi connectivity index (χ2v) is 5.36. The average Bonchev–Trinajstić information content (AvgIpc) is 2.75. The van der Waals surface area contributed by atoms with Crippen molar-refractivity contribution in [3.05, 3.63) is 47.2 Å². The number of aliphatic hydroxyl groups is 1. The summed E-state index contributed by atoms with van der Waals surface area (Å²) >= 11 is 0. The number of nitrogens with one attached hydrogen (secondary N) is 1. The molecular formula is C17H21NO3. The maximum Gasteiger partial charge on any atom is 0.259 e. The third kappa shape index (κ3) is 3.72. The molecule has 0 aromatic heterocycles. The molecule has 4 heteroatoms. The smallest absolute Gasteiger partial charge is 0.259 e. The minimum atomic E-state index is -0.495. The number of unbranched alkanes of at least 4 members (excludes halogenated alkanes) is 2. The highest BCUT2D eigenvalue weighted by Crippen LogP contribution is 2.21. The SMILES string of the molecule is CCCCCC(=O)C1=C(O)C(Cc2ccccc2)NC1=O. The zero-order valence-electron chi connectivity index (χ0n) is 12.3. The minimum absolute atomic E-state index is 0.0490. The highest BCUT2D eigenvalue weighted by Gasteiger charge is 2.35. The van der Waals surface area contributed by atoms with Crippen LogP contribution in [0.1, 0.15) is 38.2 Å². The number of aliphatic hydroxyl groups excluding tert-OH is 1. The predicted molar refractivity (Wildman–Crippen MR) is 80.9 cm³/mol. The summed E-state index contributed by atoms with van der Waals surface area (Å²) in [5, 5.41) is 12.9. The molecule has 0 saturated carbocycles. The standard InChI is InChI=1S/C17H21NO3/c1-2-3-5-10-14(19)15-16(20)13(18-17(15)21)11-12-8-6-4-7-9-12/h4,6-9,13,20H,2-3,5,10-11H2,1H3,(H,18,21). The van der Waals surface area contributed by atoms with Gasteiger partial charge in [-0.25, -0.2) is 0 Å². The number of rotatable bonds is 7. The van der Waals surface area contributed by atoms with E-state index in [1.165, 1.54) is 0 Å². The topological polar surface area (TPSA) is 66.4 Å². The summed E-state index contributed by atoms with van der Waals surface area (Å²) in [7, 11) is 0. The molecule has 1 atom stereocenters. The molecule has 1 aliphatic rings. The summed E-state index contributed by atoms with van der Waals surface area (Å²) < 4.78 is 0. The van der Waals surface area contributed by atoms with Gasteiger partial charge in [-0.2, -0.15) is 0 Å². The maximum absolute atomic E-state index is 12.1. The van der Waals surface area contributed by atoms with Gasteiger partial charge in [-0.1, -0.05) is 50.1 Å². The van der Waals surface area contributed by atoms with Gasteiger partial charge < -0.3 is 10.4 Å². The number of ketones is 1. The van der Waals surface area contributed by atoms with Gasteiger partial charge in [0.25, 0.3) is 5.91 Å². The van der Waals surface area contributed by atoms with E-state index in [-0.39, 0.29) is 17.1 Å². The van der Waals surface area contributed by atoms with Gasteiger partial charge in [-0.05, 0) is 18.4 Å². The van der Waals surface area contributed by atoms with Crippen LogP contribution < -0.4 is 5.32 Å². The molecule has 1 amide bonds. The van der Waals surface area contributed by atoms with Crippen molar-refractivity contribution in [2.24, 2.45) is 0 Å². The Morgan fingerprint density at radius 2 is 1.95 bits per heavy atom. The predicted octanol–water partition coefficient (Wildman–Crippen LogP) is 2.69. The van der Waals surface area contributed by atoms with Crippen LogP contribution in [0.25, 0.3) is 0 Å². The number of carbonyl (C=O) groups is 2. The van der Waals surface area contributed by atoms with Crippen molar-refractivity contribution >= 4 is 11.7 Å². The van der Waals surface area contributed by atoms with Gasteiger partial charge in [0.1, 0.15) is 11.3 Å². The van der Waals surface area contributed by atoms with Crippen molar-refractivity contribution in [2.75, 3.05) is 0 Å². The molecule has 2 rings (SSSR count). The molecule has 1 aliphatic heterocycles. The van der Waals surface area contributed by atoms with Gasteiger partial charge in [0.15, 0.2) is 5.78 Å². The lowest BCUT2D eigenvalue weighted by Crippen LogP contribution is -2.31. The third-order valence-corrected chi connectivity index (χ3v) is 3.69. The lowest BCUT2D eigenvalue weighted by atomic mass is 10.0. The Kier molecular flexibility index (Phi) is 5.14. The second-order valence-electron chi connectivity index (χ2n) is 5.36. The number of Topliss-reactive ketones (excluding diaryl/α,β-unsaturated/α-hetero) is 1. The van der Waals surface area contributed by atoms with Gasteiger partial charge in [-0.3, -0.25) is 9.59 Å². The van der Waals surface area contributed by atoms with E-state index < -0.39 is 11.9 Å². The third-order valence-electron chi connectivity index (χ3n) is 3.69. The van der Waals surface area contributed by atoms with Crippen molar-refractivity contribution in [3.63, 3.8) is 0 Å². The molecular weight excluding hydrogens is 266 g/mol. The van der Waals surface area contributed by atoms with Crippen LogP contribution >= 0.6 is 0 Å². The fourth-order valence-corrected chi connectivity index (χ4v) is 2.52. The maximum atomic E-state index is 12.1. The first-order chi connectivity index (χ1) is 10.1.